The molecule has 0 saturated carbocycles. The molecule has 0 aliphatic carbocycles. The van der Waals surface area contributed by atoms with Crippen LogP contribution in [-0.2, 0) is 0 Å². The van der Waals surface area contributed by atoms with E-state index in [2.05, 4.69) is 20.6 Å². The number of amides is 1. The summed E-state index contributed by atoms with van der Waals surface area (Å²) in [7, 11) is 1.52. The maximum Gasteiger partial charge on any atom is 0.255 e. The maximum atomic E-state index is 12.3. The first-order valence-corrected chi connectivity index (χ1v) is 8.79. The Labute approximate surface area is 162 Å². The van der Waals surface area contributed by atoms with Gasteiger partial charge < -0.3 is 19.9 Å². The molecule has 27 heavy (non-hydrogen) atoms. The smallest absolute Gasteiger partial charge is 0.255 e. The van der Waals surface area contributed by atoms with E-state index in [4.69, 9.17) is 16.3 Å². The molecule has 1 aromatic carbocycles. The first-order valence-electron chi connectivity index (χ1n) is 8.41. The SMILES string of the molecule is COc1ccc(Cl)cc1C(=O)NCCNc1cc(-n2cccc2)nc(C)n1. The second-order valence-electron chi connectivity index (χ2n) is 5.78. The number of carbonyl (C=O) groups is 1. The molecule has 3 aromatic rings. The Balaban J connectivity index is 1.58. The molecule has 0 fully saturated rings. The van der Waals surface area contributed by atoms with Gasteiger partial charge in [-0.1, -0.05) is 11.6 Å². The molecule has 2 aromatic heterocycles. The topological polar surface area (TPSA) is 81.1 Å². The number of nitrogens with one attached hydrogen (secondary N) is 2. The van der Waals surface area contributed by atoms with Crippen LogP contribution in [0, 0.1) is 6.92 Å². The Hall–Kier alpha value is -3.06. The number of benzene rings is 1. The largest absolute Gasteiger partial charge is 0.496 e. The average molecular weight is 386 g/mol. The predicted molar refractivity (Wildman–Crippen MR) is 105 cm³/mol. The van der Waals surface area contributed by atoms with Gasteiger partial charge in [0.05, 0.1) is 12.7 Å². The van der Waals surface area contributed by atoms with Gasteiger partial charge >= 0.3 is 0 Å². The Morgan fingerprint density at radius 2 is 1.96 bits per heavy atom. The molecule has 0 spiro atoms. The molecule has 2 N–H and O–H groups in total. The van der Waals surface area contributed by atoms with E-state index in [-0.39, 0.29) is 5.91 Å². The number of rotatable bonds is 7. The Kier molecular flexibility index (Phi) is 5.93. The highest BCUT2D eigenvalue weighted by molar-refractivity contribution is 6.31. The predicted octanol–water partition coefficient (Wildman–Crippen LogP) is 3.08. The quantitative estimate of drug-likeness (QED) is 0.611. The summed E-state index contributed by atoms with van der Waals surface area (Å²) >= 11 is 5.97. The summed E-state index contributed by atoms with van der Waals surface area (Å²) in [6.07, 6.45) is 3.84. The normalized spacial score (nSPS) is 10.5. The molecule has 0 radical (unpaired) electrons. The van der Waals surface area contributed by atoms with Gasteiger partial charge in [-0.15, -0.1) is 0 Å². The average Bonchev–Trinajstić information content (AvgIpc) is 3.19. The van der Waals surface area contributed by atoms with Crippen LogP contribution in [0.15, 0.2) is 48.8 Å². The Morgan fingerprint density at radius 1 is 1.19 bits per heavy atom. The van der Waals surface area contributed by atoms with Crippen LogP contribution in [0.3, 0.4) is 0 Å². The Morgan fingerprint density at radius 3 is 2.70 bits per heavy atom. The molecule has 1 amide bonds. The summed E-state index contributed by atoms with van der Waals surface area (Å²) in [5, 5.41) is 6.52. The number of aryl methyl sites for hydroxylation is 1. The number of hydrogen-bond donors (Lipinski definition) is 2. The number of halogens is 1. The second kappa shape index (κ2) is 8.55. The van der Waals surface area contributed by atoms with Crippen molar-refractivity contribution in [3.8, 4) is 11.6 Å². The van der Waals surface area contributed by atoms with E-state index in [9.17, 15) is 4.79 Å². The molecule has 0 aliphatic rings. The number of anilines is 1. The van der Waals surface area contributed by atoms with Gasteiger partial charge in [0.15, 0.2) is 0 Å². The zero-order chi connectivity index (χ0) is 19.2. The van der Waals surface area contributed by atoms with Crippen molar-refractivity contribution >= 4 is 23.3 Å². The maximum absolute atomic E-state index is 12.3. The number of aromatic nitrogens is 3. The number of hydrogen-bond acceptors (Lipinski definition) is 5. The first kappa shape index (κ1) is 18.7. The van der Waals surface area contributed by atoms with Crippen LogP contribution in [0.5, 0.6) is 5.75 Å². The van der Waals surface area contributed by atoms with Crippen molar-refractivity contribution in [1.29, 1.82) is 0 Å². The van der Waals surface area contributed by atoms with Crippen molar-refractivity contribution in [2.75, 3.05) is 25.5 Å². The molecule has 0 aliphatic heterocycles. The van der Waals surface area contributed by atoms with Crippen molar-refractivity contribution < 1.29 is 9.53 Å². The lowest BCUT2D eigenvalue weighted by molar-refractivity contribution is 0.0952. The number of methoxy groups -OCH3 is 1. The van der Waals surface area contributed by atoms with Gasteiger partial charge in [-0.25, -0.2) is 9.97 Å². The lowest BCUT2D eigenvalue weighted by Gasteiger charge is -2.11. The fraction of sp³-hybridized carbons (Fsp3) is 0.211. The molecule has 0 unspecified atom stereocenters. The summed E-state index contributed by atoms with van der Waals surface area (Å²) in [6.45, 7) is 2.76. The minimum atomic E-state index is -0.247. The fourth-order valence-electron chi connectivity index (χ4n) is 2.58. The minimum absolute atomic E-state index is 0.247. The number of ether oxygens (including phenoxy) is 1. The second-order valence-corrected chi connectivity index (χ2v) is 6.21. The lowest BCUT2D eigenvalue weighted by Crippen LogP contribution is -2.29. The van der Waals surface area contributed by atoms with Gasteiger partial charge in [0.25, 0.3) is 5.91 Å². The van der Waals surface area contributed by atoms with Gasteiger partial charge in [0.2, 0.25) is 0 Å². The summed E-state index contributed by atoms with van der Waals surface area (Å²) in [4.78, 5) is 21.1. The molecule has 2 heterocycles. The first-order chi connectivity index (χ1) is 13.1. The number of nitrogens with zero attached hydrogens (tertiary/aromatic N) is 3. The highest BCUT2D eigenvalue weighted by Gasteiger charge is 2.12. The summed E-state index contributed by atoms with van der Waals surface area (Å²) in [5.74, 6) is 2.37. The van der Waals surface area contributed by atoms with Crippen molar-refractivity contribution in [3.05, 3.63) is 65.2 Å². The third-order valence-electron chi connectivity index (χ3n) is 3.82. The molecule has 7 nitrogen and oxygen atoms in total. The molecular weight excluding hydrogens is 366 g/mol. The monoisotopic (exact) mass is 385 g/mol. The van der Waals surface area contributed by atoms with E-state index >= 15 is 0 Å². The molecule has 0 saturated heterocycles. The van der Waals surface area contributed by atoms with Gasteiger partial charge in [-0.2, -0.15) is 0 Å². The molecule has 8 heteroatoms. The molecule has 140 valence electrons. The van der Waals surface area contributed by atoms with Crippen LogP contribution in [0.2, 0.25) is 5.02 Å². The molecule has 3 rings (SSSR count). The number of carbonyl (C=O) groups excluding carboxylic acids is 1. The van der Waals surface area contributed by atoms with E-state index in [1.807, 2.05) is 42.1 Å². The van der Waals surface area contributed by atoms with Crippen molar-refractivity contribution in [2.24, 2.45) is 0 Å². The van der Waals surface area contributed by atoms with Crippen LogP contribution in [0.4, 0.5) is 5.82 Å². The van der Waals surface area contributed by atoms with Gasteiger partial charge in [0.1, 0.15) is 23.2 Å². The fourth-order valence-corrected chi connectivity index (χ4v) is 2.75. The van der Waals surface area contributed by atoms with Crippen LogP contribution in [0.25, 0.3) is 5.82 Å². The highest BCUT2D eigenvalue weighted by Crippen LogP contribution is 2.22. The van der Waals surface area contributed by atoms with E-state index in [1.165, 1.54) is 7.11 Å². The van der Waals surface area contributed by atoms with E-state index in [0.29, 0.717) is 41.1 Å². The van der Waals surface area contributed by atoms with Gasteiger partial charge in [-0.3, -0.25) is 4.79 Å². The third kappa shape index (κ3) is 4.77. The lowest BCUT2D eigenvalue weighted by atomic mass is 10.2. The summed E-state index contributed by atoms with van der Waals surface area (Å²) in [5.41, 5.74) is 0.401. The zero-order valence-corrected chi connectivity index (χ0v) is 15.8. The minimum Gasteiger partial charge on any atom is -0.496 e. The van der Waals surface area contributed by atoms with Crippen molar-refractivity contribution in [3.63, 3.8) is 0 Å². The van der Waals surface area contributed by atoms with Crippen LogP contribution < -0.4 is 15.4 Å². The zero-order valence-electron chi connectivity index (χ0n) is 15.1. The molecule has 0 atom stereocenters. The highest BCUT2D eigenvalue weighted by atomic mass is 35.5. The van der Waals surface area contributed by atoms with Crippen molar-refractivity contribution in [2.45, 2.75) is 6.92 Å². The van der Waals surface area contributed by atoms with E-state index in [1.54, 1.807) is 18.2 Å². The van der Waals surface area contributed by atoms with Crippen LogP contribution in [0.1, 0.15) is 16.2 Å². The van der Waals surface area contributed by atoms with Crippen LogP contribution >= 0.6 is 11.6 Å². The van der Waals surface area contributed by atoms with Crippen molar-refractivity contribution in [1.82, 2.24) is 19.9 Å². The van der Waals surface area contributed by atoms with E-state index in [0.717, 1.165) is 5.82 Å². The van der Waals surface area contributed by atoms with Gasteiger partial charge in [-0.05, 0) is 37.3 Å². The van der Waals surface area contributed by atoms with Crippen LogP contribution in [-0.4, -0.2) is 40.6 Å². The third-order valence-corrected chi connectivity index (χ3v) is 4.05. The standard InChI is InChI=1S/C19H20ClN5O2/c1-13-23-17(12-18(24-13)25-9-3-4-10-25)21-7-8-22-19(26)15-11-14(20)5-6-16(15)27-2/h3-6,9-12H,7-8H2,1-2H3,(H,22,26)(H,21,23,24). The summed E-state index contributed by atoms with van der Waals surface area (Å²) < 4.78 is 7.11. The summed E-state index contributed by atoms with van der Waals surface area (Å²) in [6, 6.07) is 10.7. The van der Waals surface area contributed by atoms with Gasteiger partial charge in [0, 0.05) is 36.6 Å². The molecule has 0 bridgehead atoms. The Bertz CT molecular complexity index is 928. The molecular formula is C19H20ClN5O2. The van der Waals surface area contributed by atoms with E-state index < -0.39 is 0 Å².